The number of hydrogen-bond acceptors (Lipinski definition) is 4. The lowest BCUT2D eigenvalue weighted by atomic mass is 10.2. The maximum Gasteiger partial charge on any atom is 0.276 e. The van der Waals surface area contributed by atoms with Gasteiger partial charge in [-0.25, -0.2) is 4.83 Å². The fourth-order valence-corrected chi connectivity index (χ4v) is 2.98. The molecule has 0 saturated carbocycles. The Morgan fingerprint density at radius 2 is 1.46 bits per heavy atom. The number of ether oxygens (including phenoxy) is 1. The molecule has 0 aliphatic heterocycles. The Morgan fingerprint density at radius 1 is 0.846 bits per heavy atom. The molecule has 132 valence electrons. The third kappa shape index (κ3) is 4.70. The number of sulfonamides is 1. The molecule has 0 aliphatic carbocycles. The first-order valence-corrected chi connectivity index (χ1v) is 9.46. The molecule has 0 bridgehead atoms. The van der Waals surface area contributed by atoms with Gasteiger partial charge in [-0.2, -0.15) is 13.5 Å². The van der Waals surface area contributed by atoms with Crippen molar-refractivity contribution in [3.05, 3.63) is 90.0 Å². The van der Waals surface area contributed by atoms with E-state index in [0.29, 0.717) is 5.75 Å². The van der Waals surface area contributed by atoms with E-state index in [4.69, 9.17) is 4.74 Å². The summed E-state index contributed by atoms with van der Waals surface area (Å²) in [5, 5.41) is 3.82. The SMILES string of the molecule is Cc1ccc(S(=O)(=O)N/N=C/c2ccc(Oc3ccccc3)cc2)cc1. The monoisotopic (exact) mass is 366 g/mol. The lowest BCUT2D eigenvalue weighted by molar-refractivity contribution is 0.482. The summed E-state index contributed by atoms with van der Waals surface area (Å²) in [6.07, 6.45) is 1.44. The van der Waals surface area contributed by atoms with Crippen molar-refractivity contribution in [2.75, 3.05) is 0 Å². The van der Waals surface area contributed by atoms with Crippen molar-refractivity contribution >= 4 is 16.2 Å². The lowest BCUT2D eigenvalue weighted by Crippen LogP contribution is -2.18. The van der Waals surface area contributed by atoms with Crippen LogP contribution in [0.25, 0.3) is 0 Å². The van der Waals surface area contributed by atoms with E-state index in [1.807, 2.05) is 37.3 Å². The van der Waals surface area contributed by atoms with E-state index < -0.39 is 10.0 Å². The molecular formula is C20H18N2O3S. The van der Waals surface area contributed by atoms with Crippen molar-refractivity contribution in [2.24, 2.45) is 5.10 Å². The van der Waals surface area contributed by atoms with Gasteiger partial charge in [0.25, 0.3) is 10.0 Å². The maximum atomic E-state index is 12.1. The lowest BCUT2D eigenvalue weighted by Gasteiger charge is -2.05. The van der Waals surface area contributed by atoms with Crippen LogP contribution >= 0.6 is 0 Å². The predicted octanol–water partition coefficient (Wildman–Crippen LogP) is 4.10. The van der Waals surface area contributed by atoms with Crippen LogP contribution in [0.5, 0.6) is 11.5 Å². The van der Waals surface area contributed by atoms with Gasteiger partial charge in [0.1, 0.15) is 11.5 Å². The minimum Gasteiger partial charge on any atom is -0.457 e. The van der Waals surface area contributed by atoms with E-state index >= 15 is 0 Å². The average Bonchev–Trinajstić information content (AvgIpc) is 2.64. The second-order valence-electron chi connectivity index (χ2n) is 5.65. The van der Waals surface area contributed by atoms with E-state index in [1.165, 1.54) is 6.21 Å². The smallest absolute Gasteiger partial charge is 0.276 e. The highest BCUT2D eigenvalue weighted by molar-refractivity contribution is 7.89. The van der Waals surface area contributed by atoms with Gasteiger partial charge in [-0.1, -0.05) is 35.9 Å². The summed E-state index contributed by atoms with van der Waals surface area (Å²) in [6.45, 7) is 1.90. The van der Waals surface area contributed by atoms with E-state index in [2.05, 4.69) is 9.93 Å². The van der Waals surface area contributed by atoms with Crippen molar-refractivity contribution < 1.29 is 13.2 Å². The van der Waals surface area contributed by atoms with Crippen LogP contribution in [-0.2, 0) is 10.0 Å². The van der Waals surface area contributed by atoms with E-state index in [1.54, 1.807) is 48.5 Å². The highest BCUT2D eigenvalue weighted by Crippen LogP contribution is 2.20. The Labute approximate surface area is 153 Å². The largest absolute Gasteiger partial charge is 0.457 e. The Bertz CT molecular complexity index is 981. The van der Waals surface area contributed by atoms with Crippen LogP contribution in [0.1, 0.15) is 11.1 Å². The van der Waals surface area contributed by atoms with Gasteiger partial charge in [-0.3, -0.25) is 0 Å². The molecule has 3 aromatic carbocycles. The summed E-state index contributed by atoms with van der Waals surface area (Å²) in [5.74, 6) is 1.44. The summed E-state index contributed by atoms with van der Waals surface area (Å²) in [7, 11) is -3.67. The number of para-hydroxylation sites is 1. The zero-order chi connectivity index (χ0) is 18.4. The molecule has 0 fully saturated rings. The molecule has 1 N–H and O–H groups in total. The molecule has 3 rings (SSSR count). The predicted molar refractivity (Wildman–Crippen MR) is 102 cm³/mol. The average molecular weight is 366 g/mol. The van der Waals surface area contributed by atoms with Gasteiger partial charge < -0.3 is 4.74 Å². The van der Waals surface area contributed by atoms with Crippen LogP contribution in [0.2, 0.25) is 0 Å². The summed E-state index contributed by atoms with van der Waals surface area (Å²) >= 11 is 0. The van der Waals surface area contributed by atoms with E-state index in [-0.39, 0.29) is 4.90 Å². The van der Waals surface area contributed by atoms with Crippen molar-refractivity contribution in [3.8, 4) is 11.5 Å². The van der Waals surface area contributed by atoms with Gasteiger partial charge in [0.2, 0.25) is 0 Å². The molecule has 3 aromatic rings. The zero-order valence-electron chi connectivity index (χ0n) is 14.2. The molecule has 6 heteroatoms. The Balaban J connectivity index is 1.62. The molecule has 0 amide bonds. The molecule has 0 aromatic heterocycles. The first-order valence-electron chi connectivity index (χ1n) is 7.97. The number of hydrazone groups is 1. The van der Waals surface area contributed by atoms with Crippen LogP contribution in [0.15, 0.2) is 88.9 Å². The fraction of sp³-hybridized carbons (Fsp3) is 0.0500. The van der Waals surface area contributed by atoms with Crippen LogP contribution in [0.3, 0.4) is 0 Å². The first-order chi connectivity index (χ1) is 12.5. The molecule has 0 atom stereocenters. The standard InChI is InChI=1S/C20H18N2O3S/c1-16-7-13-20(14-8-16)26(23,24)22-21-15-17-9-11-19(12-10-17)25-18-5-3-2-4-6-18/h2-15,22H,1H3/b21-15+. The highest BCUT2D eigenvalue weighted by atomic mass is 32.2. The minimum absolute atomic E-state index is 0.173. The van der Waals surface area contributed by atoms with Crippen molar-refractivity contribution in [1.29, 1.82) is 0 Å². The molecule has 0 saturated heterocycles. The van der Waals surface area contributed by atoms with Crippen molar-refractivity contribution in [1.82, 2.24) is 4.83 Å². The Hall–Kier alpha value is -3.12. The van der Waals surface area contributed by atoms with Crippen LogP contribution in [0, 0.1) is 6.92 Å². The highest BCUT2D eigenvalue weighted by Gasteiger charge is 2.11. The topological polar surface area (TPSA) is 67.8 Å². The van der Waals surface area contributed by atoms with Gasteiger partial charge >= 0.3 is 0 Å². The van der Waals surface area contributed by atoms with Gasteiger partial charge in [-0.15, -0.1) is 0 Å². The molecular weight excluding hydrogens is 348 g/mol. The number of rotatable bonds is 6. The van der Waals surface area contributed by atoms with Crippen molar-refractivity contribution in [3.63, 3.8) is 0 Å². The molecule has 0 heterocycles. The third-order valence-corrected chi connectivity index (χ3v) is 4.82. The summed E-state index contributed by atoms with van der Waals surface area (Å²) < 4.78 is 30.0. The fourth-order valence-electron chi connectivity index (χ4n) is 2.19. The molecule has 0 aliphatic rings. The number of benzene rings is 3. The van der Waals surface area contributed by atoms with Gasteiger partial charge in [0.15, 0.2) is 0 Å². The van der Waals surface area contributed by atoms with E-state index in [0.717, 1.165) is 16.9 Å². The number of nitrogens with zero attached hydrogens (tertiary/aromatic N) is 1. The van der Waals surface area contributed by atoms with Gasteiger partial charge in [0, 0.05) is 0 Å². The van der Waals surface area contributed by atoms with E-state index in [9.17, 15) is 8.42 Å². The molecule has 0 spiro atoms. The number of aryl methyl sites for hydroxylation is 1. The summed E-state index contributed by atoms with van der Waals surface area (Å²) in [5.41, 5.74) is 1.74. The van der Waals surface area contributed by atoms with Crippen LogP contribution in [0.4, 0.5) is 0 Å². The molecule has 0 radical (unpaired) electrons. The summed E-state index contributed by atoms with van der Waals surface area (Å²) in [6, 6.07) is 23.2. The first kappa shape index (κ1) is 17.7. The second-order valence-corrected chi connectivity index (χ2v) is 7.31. The Morgan fingerprint density at radius 3 is 2.12 bits per heavy atom. The maximum absolute atomic E-state index is 12.1. The van der Waals surface area contributed by atoms with Gasteiger partial charge in [0.05, 0.1) is 11.1 Å². The van der Waals surface area contributed by atoms with Crippen molar-refractivity contribution in [2.45, 2.75) is 11.8 Å². The molecule has 5 nitrogen and oxygen atoms in total. The van der Waals surface area contributed by atoms with Gasteiger partial charge in [-0.05, 0) is 61.0 Å². The molecule has 26 heavy (non-hydrogen) atoms. The van der Waals surface area contributed by atoms with Crippen LogP contribution < -0.4 is 9.57 Å². The quantitative estimate of drug-likeness (QED) is 0.527. The second kappa shape index (κ2) is 7.84. The number of nitrogens with one attached hydrogen (secondary N) is 1. The number of hydrogen-bond donors (Lipinski definition) is 1. The Kier molecular flexibility index (Phi) is 5.34. The summed E-state index contributed by atoms with van der Waals surface area (Å²) in [4.78, 5) is 2.38. The minimum atomic E-state index is -3.67. The molecule has 0 unspecified atom stereocenters. The zero-order valence-corrected chi connectivity index (χ0v) is 15.0. The third-order valence-electron chi connectivity index (χ3n) is 3.58. The van der Waals surface area contributed by atoms with Crippen LogP contribution in [-0.4, -0.2) is 14.6 Å². The normalized spacial score (nSPS) is 11.4.